The maximum atomic E-state index is 12.7. The largest absolute Gasteiger partial charge is 0.462 e. The van der Waals surface area contributed by atoms with Gasteiger partial charge in [0.2, 0.25) is 5.91 Å². The summed E-state index contributed by atoms with van der Waals surface area (Å²) in [5.41, 5.74) is 2.99. The molecule has 21 heavy (non-hydrogen) atoms. The molecule has 1 heterocycles. The van der Waals surface area contributed by atoms with Crippen molar-refractivity contribution in [3.63, 3.8) is 0 Å². The lowest BCUT2D eigenvalue weighted by Crippen LogP contribution is -2.36. The second-order valence-electron chi connectivity index (χ2n) is 6.68. The van der Waals surface area contributed by atoms with Gasteiger partial charge in [-0.3, -0.25) is 9.59 Å². The van der Waals surface area contributed by atoms with Crippen LogP contribution in [0.25, 0.3) is 0 Å². The number of ether oxygens (including phenoxy) is 1. The van der Waals surface area contributed by atoms with E-state index in [0.717, 1.165) is 29.7 Å². The quantitative estimate of drug-likeness (QED) is 0.849. The van der Waals surface area contributed by atoms with Crippen molar-refractivity contribution >= 4 is 17.6 Å². The zero-order chi connectivity index (χ0) is 14.7. The van der Waals surface area contributed by atoms with Crippen LogP contribution in [0, 0.1) is 37.5 Å². The van der Waals surface area contributed by atoms with Crippen molar-refractivity contribution in [1.29, 1.82) is 0 Å². The average Bonchev–Trinajstić information content (AvgIpc) is 3.04. The highest BCUT2D eigenvalue weighted by Crippen LogP contribution is 2.57. The molecule has 0 radical (unpaired) electrons. The summed E-state index contributed by atoms with van der Waals surface area (Å²) in [6.45, 7) is 3.98. The Labute approximate surface area is 123 Å². The zero-order valence-corrected chi connectivity index (χ0v) is 12.3. The van der Waals surface area contributed by atoms with Crippen LogP contribution in [-0.2, 0) is 14.3 Å². The van der Waals surface area contributed by atoms with E-state index in [0.29, 0.717) is 5.92 Å². The summed E-state index contributed by atoms with van der Waals surface area (Å²) in [5, 5.41) is 3.06. The molecule has 1 amide bonds. The third-order valence-corrected chi connectivity index (χ3v) is 5.52. The first-order valence-corrected chi connectivity index (χ1v) is 7.64. The van der Waals surface area contributed by atoms with E-state index < -0.39 is 0 Å². The van der Waals surface area contributed by atoms with Crippen LogP contribution in [0.5, 0.6) is 0 Å². The predicted molar refractivity (Wildman–Crippen MR) is 77.6 cm³/mol. The number of amides is 1. The number of anilines is 1. The monoisotopic (exact) mass is 285 g/mol. The van der Waals surface area contributed by atoms with Gasteiger partial charge in [0.05, 0.1) is 11.8 Å². The van der Waals surface area contributed by atoms with E-state index in [-0.39, 0.29) is 35.7 Å². The minimum atomic E-state index is -0.210. The van der Waals surface area contributed by atoms with Crippen molar-refractivity contribution in [2.75, 3.05) is 5.32 Å². The number of nitrogens with one attached hydrogen (secondary N) is 1. The van der Waals surface area contributed by atoms with Gasteiger partial charge in [-0.2, -0.15) is 0 Å². The first-order valence-electron chi connectivity index (χ1n) is 7.64. The third-order valence-electron chi connectivity index (χ3n) is 5.52. The van der Waals surface area contributed by atoms with Crippen molar-refractivity contribution < 1.29 is 14.3 Å². The molecule has 110 valence electrons. The van der Waals surface area contributed by atoms with Gasteiger partial charge in [-0.25, -0.2) is 0 Å². The van der Waals surface area contributed by atoms with Gasteiger partial charge in [0.1, 0.15) is 6.10 Å². The smallest absolute Gasteiger partial charge is 0.310 e. The summed E-state index contributed by atoms with van der Waals surface area (Å²) >= 11 is 0. The first-order chi connectivity index (χ1) is 10.1. The van der Waals surface area contributed by atoms with Crippen LogP contribution in [0.2, 0.25) is 0 Å². The lowest BCUT2D eigenvalue weighted by Gasteiger charge is -2.24. The number of rotatable bonds is 2. The highest BCUT2D eigenvalue weighted by atomic mass is 16.6. The van der Waals surface area contributed by atoms with E-state index >= 15 is 0 Å². The molecule has 2 aliphatic carbocycles. The lowest BCUT2D eigenvalue weighted by molar-refractivity contribution is -0.145. The molecule has 4 rings (SSSR count). The zero-order valence-electron chi connectivity index (χ0n) is 12.3. The van der Waals surface area contributed by atoms with Crippen molar-refractivity contribution in [2.24, 2.45) is 23.7 Å². The normalized spacial score (nSPS) is 35.9. The Morgan fingerprint density at radius 2 is 1.95 bits per heavy atom. The topological polar surface area (TPSA) is 55.4 Å². The van der Waals surface area contributed by atoms with Crippen LogP contribution >= 0.6 is 0 Å². The van der Waals surface area contributed by atoms with Crippen molar-refractivity contribution in [3.8, 4) is 0 Å². The molecule has 1 aromatic carbocycles. The van der Waals surface area contributed by atoms with Crippen molar-refractivity contribution in [1.82, 2.24) is 0 Å². The minimum Gasteiger partial charge on any atom is -0.462 e. The summed E-state index contributed by atoms with van der Waals surface area (Å²) in [7, 11) is 0. The fraction of sp³-hybridized carbons (Fsp3) is 0.529. The second-order valence-corrected chi connectivity index (χ2v) is 6.68. The Morgan fingerprint density at radius 1 is 1.24 bits per heavy atom. The molecule has 4 nitrogen and oxygen atoms in total. The maximum Gasteiger partial charge on any atom is 0.310 e. The average molecular weight is 285 g/mol. The van der Waals surface area contributed by atoms with E-state index in [1.54, 1.807) is 0 Å². The van der Waals surface area contributed by atoms with Crippen LogP contribution < -0.4 is 5.32 Å². The van der Waals surface area contributed by atoms with Crippen LogP contribution in [-0.4, -0.2) is 18.0 Å². The molecule has 1 N–H and O–H groups in total. The van der Waals surface area contributed by atoms with E-state index in [1.165, 1.54) is 0 Å². The summed E-state index contributed by atoms with van der Waals surface area (Å²) in [5.74, 6) is -0.0100. The van der Waals surface area contributed by atoms with Gasteiger partial charge in [0.25, 0.3) is 0 Å². The van der Waals surface area contributed by atoms with Gasteiger partial charge in [-0.05, 0) is 43.7 Å². The number of hydrogen-bond acceptors (Lipinski definition) is 3. The molecule has 0 aromatic heterocycles. The molecule has 1 aliphatic heterocycles. The minimum absolute atomic E-state index is 0.0119. The number of carbonyl (C=O) groups is 2. The SMILES string of the molecule is Cc1cccc(C)c1NC(=O)[C@@H]1[C@@H]2C[C@@H]3[C@@H]1C(=O)O[C@H]3C2. The van der Waals surface area contributed by atoms with Crippen LogP contribution in [0.15, 0.2) is 18.2 Å². The molecule has 0 spiro atoms. The highest BCUT2D eigenvalue weighted by Gasteiger charge is 2.63. The molecule has 3 fully saturated rings. The Bertz CT molecular complexity index is 617. The molecule has 0 unspecified atom stereocenters. The number of fused-ring (bicyclic) bond motifs is 1. The van der Waals surface area contributed by atoms with Crippen molar-refractivity contribution in [3.05, 3.63) is 29.3 Å². The summed E-state index contributed by atoms with van der Waals surface area (Å²) in [4.78, 5) is 24.7. The highest BCUT2D eigenvalue weighted by molar-refractivity contribution is 5.97. The Kier molecular flexibility index (Phi) is 2.65. The Hall–Kier alpha value is -1.84. The number of carbonyl (C=O) groups excluding carboxylic acids is 2. The lowest BCUT2D eigenvalue weighted by atomic mass is 9.79. The number of esters is 1. The number of aryl methyl sites for hydroxylation is 2. The molecular weight excluding hydrogens is 266 g/mol. The number of benzene rings is 1. The fourth-order valence-corrected chi connectivity index (χ4v) is 4.58. The van der Waals surface area contributed by atoms with Gasteiger partial charge in [-0.1, -0.05) is 18.2 Å². The van der Waals surface area contributed by atoms with Gasteiger partial charge in [0.15, 0.2) is 0 Å². The first kappa shape index (κ1) is 12.9. The molecular formula is C17H19NO3. The number of para-hydroxylation sites is 1. The van der Waals surface area contributed by atoms with Crippen molar-refractivity contribution in [2.45, 2.75) is 32.8 Å². The Balaban J connectivity index is 1.60. The molecule has 5 atom stereocenters. The maximum absolute atomic E-state index is 12.7. The fourth-order valence-electron chi connectivity index (χ4n) is 4.58. The summed E-state index contributed by atoms with van der Waals surface area (Å²) < 4.78 is 5.40. The molecule has 3 aliphatic rings. The second kappa shape index (κ2) is 4.33. The van der Waals surface area contributed by atoms with Crippen LogP contribution in [0.1, 0.15) is 24.0 Å². The van der Waals surface area contributed by atoms with E-state index in [4.69, 9.17) is 4.74 Å². The third kappa shape index (κ3) is 1.74. The van der Waals surface area contributed by atoms with E-state index in [1.807, 2.05) is 32.0 Å². The summed E-state index contributed by atoms with van der Waals surface area (Å²) in [6.07, 6.45) is 1.90. The van der Waals surface area contributed by atoms with Gasteiger partial charge >= 0.3 is 5.97 Å². The Morgan fingerprint density at radius 3 is 2.67 bits per heavy atom. The van der Waals surface area contributed by atoms with Crippen LogP contribution in [0.4, 0.5) is 5.69 Å². The van der Waals surface area contributed by atoms with Gasteiger partial charge in [-0.15, -0.1) is 0 Å². The molecule has 2 saturated carbocycles. The van der Waals surface area contributed by atoms with Gasteiger partial charge in [0, 0.05) is 11.6 Å². The van der Waals surface area contributed by atoms with Crippen LogP contribution in [0.3, 0.4) is 0 Å². The molecule has 1 aromatic rings. The molecule has 4 heteroatoms. The molecule has 1 saturated heterocycles. The van der Waals surface area contributed by atoms with Gasteiger partial charge < -0.3 is 10.1 Å². The molecule has 2 bridgehead atoms. The summed E-state index contributed by atoms with van der Waals surface area (Å²) in [6, 6.07) is 5.96. The number of hydrogen-bond donors (Lipinski definition) is 1. The van der Waals surface area contributed by atoms with E-state index in [2.05, 4.69) is 5.32 Å². The predicted octanol–water partition coefficient (Wildman–Crippen LogP) is 2.44. The standard InChI is InChI=1S/C17H19NO3/c1-8-4-3-5-9(2)15(8)18-16(19)13-10-6-11-12(7-10)21-17(20)14(11)13/h3-5,10-14H,6-7H2,1-2H3,(H,18,19)/t10-,11+,12+,13-,14+/m1/s1. The van der Waals surface area contributed by atoms with E-state index in [9.17, 15) is 9.59 Å².